The fourth-order valence-electron chi connectivity index (χ4n) is 9.55. The predicted octanol–water partition coefficient (Wildman–Crippen LogP) is 0.908. The summed E-state index contributed by atoms with van der Waals surface area (Å²) in [5.41, 5.74) is 0.0197. The zero-order valence-electron chi connectivity index (χ0n) is 38.5. The Morgan fingerprint density at radius 3 is 1.81 bits per heavy atom. The molecule has 0 amide bonds. The van der Waals surface area contributed by atoms with Crippen molar-refractivity contribution in [3.05, 3.63) is 124 Å². The predicted molar refractivity (Wildman–Crippen MR) is 248 cm³/mol. The molecule has 2 saturated heterocycles. The summed E-state index contributed by atoms with van der Waals surface area (Å²) in [5, 5.41) is 164. The van der Waals surface area contributed by atoms with Crippen LogP contribution in [0.1, 0.15) is 51.5 Å². The molecule has 74 heavy (non-hydrogen) atoms. The third-order valence-corrected chi connectivity index (χ3v) is 13.3. The highest BCUT2D eigenvalue weighted by molar-refractivity contribution is 5.87. The van der Waals surface area contributed by atoms with Crippen LogP contribution >= 0.6 is 0 Å². The summed E-state index contributed by atoms with van der Waals surface area (Å²) in [4.78, 5) is 12.7. The van der Waals surface area contributed by atoms with Crippen LogP contribution < -0.4 is 9.47 Å². The summed E-state index contributed by atoms with van der Waals surface area (Å²) < 4.78 is 42.8. The largest absolute Gasteiger partial charge is 0.508 e. The molecule has 0 unspecified atom stereocenters. The molecule has 15 N–H and O–H groups in total. The Balaban J connectivity index is 1.14. The minimum Gasteiger partial charge on any atom is -0.508 e. The number of carbonyl (C=O) groups excluding carboxylic acids is 1. The number of ether oxygens (including phenoxy) is 7. The Morgan fingerprint density at radius 1 is 0.581 bits per heavy atom. The summed E-state index contributed by atoms with van der Waals surface area (Å²) in [6.07, 6.45) is -22.6. The number of aromatic hydroxyl groups is 8. The van der Waals surface area contributed by atoms with Crippen LogP contribution in [0.2, 0.25) is 0 Å². The van der Waals surface area contributed by atoms with Gasteiger partial charge >= 0.3 is 5.97 Å². The molecule has 4 aliphatic heterocycles. The highest BCUT2D eigenvalue weighted by atomic mass is 16.7. The average molecular weight is 1030 g/mol. The molecule has 15 atom stereocenters. The van der Waals surface area contributed by atoms with Crippen molar-refractivity contribution in [2.24, 2.45) is 0 Å². The minimum absolute atomic E-state index is 0.0161. The van der Waals surface area contributed by atoms with Crippen molar-refractivity contribution in [3.63, 3.8) is 0 Å². The van der Waals surface area contributed by atoms with Gasteiger partial charge in [-0.15, -0.1) is 0 Å². The number of benzene rings is 5. The molecule has 23 heteroatoms. The fraction of sp³-hybridized carbons (Fsp3) is 0.353. The second kappa shape index (κ2) is 21.0. The first kappa shape index (κ1) is 51.8. The smallest absolute Gasteiger partial charge is 0.330 e. The van der Waals surface area contributed by atoms with E-state index >= 15 is 0 Å². The SMILES string of the molecule is O=C(C=Cc1ccccc1)OC[C@H]1O[C@@H](O[C@@H]2Cc3c(O)cc(O)c([C@@H]4c5c(O)cc(O)cc5O[C@H](c5ccc(O)c(O)c5)[C@H]4O[C@@H]4O[C@H](CO)[C@@H](O)[C@H](O)[C@H]4O)c3O[C@@H]2c2ccc(O)c(O)c2)[C@H](O)[C@@H](O)[C@@H]1O. The van der Waals surface area contributed by atoms with Crippen LogP contribution in [0.15, 0.2) is 91.0 Å². The molecule has 4 aliphatic rings. The van der Waals surface area contributed by atoms with Crippen LogP contribution in [0.25, 0.3) is 6.08 Å². The lowest BCUT2D eigenvalue weighted by Crippen LogP contribution is -2.60. The Hall–Kier alpha value is -7.13. The number of phenols is 8. The Morgan fingerprint density at radius 2 is 1.18 bits per heavy atom. The molecule has 23 nitrogen and oxygen atoms in total. The van der Waals surface area contributed by atoms with Gasteiger partial charge in [-0.2, -0.15) is 0 Å². The second-order valence-corrected chi connectivity index (χ2v) is 18.1. The van der Waals surface area contributed by atoms with Crippen molar-refractivity contribution >= 4 is 12.0 Å². The van der Waals surface area contributed by atoms with Crippen molar-refractivity contribution in [3.8, 4) is 57.5 Å². The van der Waals surface area contributed by atoms with E-state index < -0.39 is 163 Å². The lowest BCUT2D eigenvalue weighted by Gasteiger charge is -2.46. The maximum Gasteiger partial charge on any atom is 0.330 e. The van der Waals surface area contributed by atoms with E-state index in [0.29, 0.717) is 5.56 Å². The summed E-state index contributed by atoms with van der Waals surface area (Å²) in [6, 6.07) is 18.6. The Kier molecular flexibility index (Phi) is 14.7. The minimum atomic E-state index is -2.06. The second-order valence-electron chi connectivity index (χ2n) is 18.1. The Labute approximate surface area is 418 Å². The first-order valence-corrected chi connectivity index (χ1v) is 23.0. The van der Waals surface area contributed by atoms with E-state index in [1.54, 1.807) is 30.3 Å². The van der Waals surface area contributed by atoms with Gasteiger partial charge in [-0.3, -0.25) is 0 Å². The molecule has 2 fully saturated rings. The van der Waals surface area contributed by atoms with Gasteiger partial charge in [0.25, 0.3) is 0 Å². The van der Waals surface area contributed by atoms with Gasteiger partial charge in [0, 0.05) is 47.4 Å². The molecule has 0 aliphatic carbocycles. The van der Waals surface area contributed by atoms with Crippen molar-refractivity contribution in [1.29, 1.82) is 0 Å². The van der Waals surface area contributed by atoms with E-state index in [-0.39, 0.29) is 39.3 Å². The fourth-order valence-corrected chi connectivity index (χ4v) is 9.55. The number of aliphatic hydroxyl groups excluding tert-OH is 7. The van der Waals surface area contributed by atoms with Gasteiger partial charge in [-0.05, 0) is 47.0 Å². The number of esters is 1. The number of carbonyl (C=O) groups is 1. The third kappa shape index (κ3) is 9.98. The highest BCUT2D eigenvalue weighted by Gasteiger charge is 2.53. The number of hydrogen-bond donors (Lipinski definition) is 15. The van der Waals surface area contributed by atoms with Gasteiger partial charge in [0.2, 0.25) is 0 Å². The molecule has 0 bridgehead atoms. The van der Waals surface area contributed by atoms with E-state index in [4.69, 9.17) is 33.2 Å². The van der Waals surface area contributed by atoms with Crippen LogP contribution in [-0.2, 0) is 34.9 Å². The average Bonchev–Trinajstić information content (AvgIpc) is 3.37. The Bertz CT molecular complexity index is 2880. The lowest BCUT2D eigenvalue weighted by molar-refractivity contribution is -0.319. The number of rotatable bonds is 12. The molecule has 0 spiro atoms. The van der Waals surface area contributed by atoms with E-state index in [9.17, 15) is 81.4 Å². The molecule has 0 radical (unpaired) electrons. The topological polar surface area (TPSA) is 385 Å². The molecule has 5 aromatic rings. The van der Waals surface area contributed by atoms with Gasteiger partial charge in [-0.1, -0.05) is 42.5 Å². The monoisotopic (exact) mass is 1030 g/mol. The van der Waals surface area contributed by atoms with Gasteiger partial charge in [0.05, 0.1) is 12.5 Å². The molecule has 4 heterocycles. The summed E-state index contributed by atoms with van der Waals surface area (Å²) in [7, 11) is 0. The van der Waals surface area contributed by atoms with Crippen LogP contribution in [0.5, 0.6) is 57.5 Å². The first-order valence-electron chi connectivity index (χ1n) is 23.0. The van der Waals surface area contributed by atoms with E-state index in [0.717, 1.165) is 48.5 Å². The van der Waals surface area contributed by atoms with Gasteiger partial charge < -0.3 is 110 Å². The van der Waals surface area contributed by atoms with Gasteiger partial charge in [-0.25, -0.2) is 4.79 Å². The highest BCUT2D eigenvalue weighted by Crippen LogP contribution is 2.59. The van der Waals surface area contributed by atoms with Crippen LogP contribution in [0.4, 0.5) is 0 Å². The van der Waals surface area contributed by atoms with Crippen molar-refractivity contribution < 1.29 is 115 Å². The number of fused-ring (bicyclic) bond motifs is 2. The molecule has 0 aromatic heterocycles. The van der Waals surface area contributed by atoms with Crippen molar-refractivity contribution in [1.82, 2.24) is 0 Å². The zero-order chi connectivity index (χ0) is 52.9. The van der Waals surface area contributed by atoms with Gasteiger partial charge in [0.15, 0.2) is 47.8 Å². The number of phenolic OH excluding ortho intramolecular Hbond substituents is 8. The number of aliphatic hydroxyl groups is 7. The van der Waals surface area contributed by atoms with E-state index in [1.807, 2.05) is 0 Å². The summed E-state index contributed by atoms with van der Waals surface area (Å²) >= 11 is 0. The third-order valence-electron chi connectivity index (χ3n) is 13.3. The number of hydrogen-bond acceptors (Lipinski definition) is 23. The van der Waals surface area contributed by atoms with Crippen LogP contribution in [0, 0.1) is 0 Å². The molecule has 9 rings (SSSR count). The summed E-state index contributed by atoms with van der Waals surface area (Å²) in [5.74, 6) is -8.18. The zero-order valence-corrected chi connectivity index (χ0v) is 38.5. The van der Waals surface area contributed by atoms with Crippen molar-refractivity contribution in [2.45, 2.75) is 98.2 Å². The maximum absolute atomic E-state index is 12.7. The van der Waals surface area contributed by atoms with Crippen molar-refractivity contribution in [2.75, 3.05) is 13.2 Å². The van der Waals surface area contributed by atoms with E-state index in [2.05, 4.69) is 0 Å². The lowest BCUT2D eigenvalue weighted by atomic mass is 9.77. The quantitative estimate of drug-likeness (QED) is 0.0469. The van der Waals surface area contributed by atoms with Crippen LogP contribution in [-0.4, -0.2) is 169 Å². The van der Waals surface area contributed by atoms with Crippen LogP contribution in [0.3, 0.4) is 0 Å². The first-order chi connectivity index (χ1) is 35.3. The molecular weight excluding hydrogens is 981 g/mol. The maximum atomic E-state index is 12.7. The molecule has 394 valence electrons. The molecule has 0 saturated carbocycles. The van der Waals surface area contributed by atoms with Gasteiger partial charge in [0.1, 0.15) is 102 Å². The van der Waals surface area contributed by atoms with E-state index in [1.165, 1.54) is 18.2 Å². The summed E-state index contributed by atoms with van der Waals surface area (Å²) in [6.45, 7) is -1.52. The standard InChI is InChI=1S/C51H52O23/c52-18-34-40(62)42(64)45(67)51(71-34)74-49-39(37-30(59)14-23(53)15-32(37)69-47(49)22-8-10-26(55)29(58)13-22)38-31(60)17-27(56)24-16-33(46(73-48(24)38)21-7-9-25(54)28(57)12-21)70-50-44(66)43(65)41(63)35(72-50)19-68-36(61)11-6-20-4-2-1-3-5-20/h1-15,17,33-35,39-47,49-60,62-67H,16,18-19H2/t33-,34-,35-,39+,40-,41-,42+,43+,44-,45-,46-,47-,49+,50-,51+/m1/s1. The normalized spacial score (nSPS) is 30.7. The molecule has 5 aromatic carbocycles. The molecular formula is C51H52O23.